The molecular formula is C15H20O5S. The lowest BCUT2D eigenvalue weighted by molar-refractivity contribution is -0.151. The van der Waals surface area contributed by atoms with Gasteiger partial charge in [0.1, 0.15) is 27.6 Å². The van der Waals surface area contributed by atoms with Crippen LogP contribution in [0, 0.1) is 5.41 Å². The minimum absolute atomic E-state index is 0.0149. The molecule has 1 atom stereocenters. The van der Waals surface area contributed by atoms with Crippen LogP contribution in [0.1, 0.15) is 25.3 Å². The summed E-state index contributed by atoms with van der Waals surface area (Å²) in [7, 11) is -3.20. The molecule has 0 saturated heterocycles. The first-order valence-corrected chi connectivity index (χ1v) is 8.85. The van der Waals surface area contributed by atoms with Gasteiger partial charge >= 0.3 is 5.97 Å². The third-order valence-corrected chi connectivity index (χ3v) is 5.72. The molecule has 1 heterocycles. The van der Waals surface area contributed by atoms with Crippen LogP contribution < -0.4 is 4.74 Å². The predicted molar refractivity (Wildman–Crippen MR) is 79.3 cm³/mol. The van der Waals surface area contributed by atoms with Gasteiger partial charge in [-0.3, -0.25) is 4.79 Å². The topological polar surface area (TPSA) is 80.7 Å². The van der Waals surface area contributed by atoms with Gasteiger partial charge in [-0.25, -0.2) is 8.42 Å². The standard InChI is InChI=1S/C15H20O5S/c1-2-8-21(18,19)9-7-15(14(16)17)10-12-5-3-4-6-13(12)20-11-15/h3-6H,2,7-11H2,1H3,(H,16,17). The second kappa shape index (κ2) is 6.05. The smallest absolute Gasteiger partial charge is 0.313 e. The molecule has 1 unspecified atom stereocenters. The minimum atomic E-state index is -3.20. The lowest BCUT2D eigenvalue weighted by Gasteiger charge is -2.34. The lowest BCUT2D eigenvalue weighted by atomic mass is 9.78. The second-order valence-corrected chi connectivity index (χ2v) is 7.86. The van der Waals surface area contributed by atoms with E-state index in [2.05, 4.69) is 0 Å². The number of para-hydroxylation sites is 1. The van der Waals surface area contributed by atoms with Crippen molar-refractivity contribution in [3.8, 4) is 5.75 Å². The molecule has 116 valence electrons. The molecule has 21 heavy (non-hydrogen) atoms. The van der Waals surface area contributed by atoms with E-state index in [1.54, 1.807) is 13.0 Å². The Labute approximate surface area is 124 Å². The number of benzene rings is 1. The van der Waals surface area contributed by atoms with E-state index in [9.17, 15) is 18.3 Å². The van der Waals surface area contributed by atoms with E-state index >= 15 is 0 Å². The highest BCUT2D eigenvalue weighted by Gasteiger charge is 2.43. The molecule has 0 fully saturated rings. The molecule has 0 bridgehead atoms. The maximum absolute atomic E-state index is 11.8. The lowest BCUT2D eigenvalue weighted by Crippen LogP contribution is -2.43. The van der Waals surface area contributed by atoms with Crippen molar-refractivity contribution < 1.29 is 23.1 Å². The van der Waals surface area contributed by atoms with Crippen LogP contribution in [0.15, 0.2) is 24.3 Å². The van der Waals surface area contributed by atoms with E-state index in [1.807, 2.05) is 18.2 Å². The van der Waals surface area contributed by atoms with Crippen molar-refractivity contribution in [2.75, 3.05) is 18.1 Å². The Hall–Kier alpha value is -1.56. The van der Waals surface area contributed by atoms with Crippen molar-refractivity contribution in [3.05, 3.63) is 29.8 Å². The fourth-order valence-corrected chi connectivity index (χ4v) is 4.12. The summed E-state index contributed by atoms with van der Waals surface area (Å²) in [5.74, 6) is -0.326. The average molecular weight is 312 g/mol. The van der Waals surface area contributed by atoms with Crippen LogP contribution in [0.2, 0.25) is 0 Å². The zero-order valence-electron chi connectivity index (χ0n) is 12.0. The average Bonchev–Trinajstić information content (AvgIpc) is 2.45. The molecule has 1 N–H and O–H groups in total. The van der Waals surface area contributed by atoms with Gasteiger partial charge in [-0.15, -0.1) is 0 Å². The first-order chi connectivity index (χ1) is 9.88. The fraction of sp³-hybridized carbons (Fsp3) is 0.533. The summed E-state index contributed by atoms with van der Waals surface area (Å²) in [6.07, 6.45) is 0.931. The summed E-state index contributed by atoms with van der Waals surface area (Å²) in [5, 5.41) is 9.57. The number of rotatable bonds is 6. The van der Waals surface area contributed by atoms with Gasteiger partial charge in [0, 0.05) is 5.75 Å². The Balaban J connectivity index is 2.18. The molecule has 0 spiro atoms. The normalized spacial score (nSPS) is 21.4. The summed E-state index contributed by atoms with van der Waals surface area (Å²) < 4.78 is 29.2. The van der Waals surface area contributed by atoms with Gasteiger partial charge in [0.25, 0.3) is 0 Å². The van der Waals surface area contributed by atoms with Crippen LogP contribution in [-0.4, -0.2) is 37.6 Å². The largest absolute Gasteiger partial charge is 0.492 e. The van der Waals surface area contributed by atoms with Crippen molar-refractivity contribution in [2.45, 2.75) is 26.2 Å². The molecule has 0 aliphatic carbocycles. The van der Waals surface area contributed by atoms with E-state index in [4.69, 9.17) is 4.74 Å². The van der Waals surface area contributed by atoms with Crippen molar-refractivity contribution >= 4 is 15.8 Å². The molecule has 0 saturated carbocycles. The van der Waals surface area contributed by atoms with E-state index in [1.165, 1.54) is 0 Å². The molecule has 0 radical (unpaired) electrons. The second-order valence-electron chi connectivity index (χ2n) is 5.56. The van der Waals surface area contributed by atoms with Crippen LogP contribution in [0.5, 0.6) is 5.75 Å². The zero-order valence-corrected chi connectivity index (χ0v) is 12.9. The SMILES string of the molecule is CCCS(=O)(=O)CCC1(C(=O)O)COc2ccccc2C1. The van der Waals surface area contributed by atoms with Crippen LogP contribution in [0.3, 0.4) is 0 Å². The minimum Gasteiger partial charge on any atom is -0.492 e. The van der Waals surface area contributed by atoms with Crippen molar-refractivity contribution in [1.82, 2.24) is 0 Å². The zero-order chi connectivity index (χ0) is 15.5. The Kier molecular flexibility index (Phi) is 4.56. The molecular weight excluding hydrogens is 292 g/mol. The Morgan fingerprint density at radius 3 is 2.71 bits per heavy atom. The Morgan fingerprint density at radius 2 is 2.05 bits per heavy atom. The number of carboxylic acid groups (broad SMARTS) is 1. The number of fused-ring (bicyclic) bond motifs is 1. The predicted octanol–water partition coefficient (Wildman–Crippen LogP) is 1.91. The van der Waals surface area contributed by atoms with E-state index in [0.717, 1.165) is 5.56 Å². The maximum atomic E-state index is 11.8. The molecule has 2 rings (SSSR count). The highest BCUT2D eigenvalue weighted by molar-refractivity contribution is 7.91. The van der Waals surface area contributed by atoms with Gasteiger partial charge in [0.05, 0.1) is 5.75 Å². The van der Waals surface area contributed by atoms with Crippen LogP contribution in [0.25, 0.3) is 0 Å². The Bertz CT molecular complexity index is 623. The molecule has 5 nitrogen and oxygen atoms in total. The highest BCUT2D eigenvalue weighted by Crippen LogP contribution is 2.37. The molecule has 1 aliphatic heterocycles. The monoisotopic (exact) mass is 312 g/mol. The summed E-state index contributed by atoms with van der Waals surface area (Å²) in [5.41, 5.74) is -0.339. The van der Waals surface area contributed by atoms with Gasteiger partial charge in [0.15, 0.2) is 0 Å². The molecule has 6 heteroatoms. The quantitative estimate of drug-likeness (QED) is 0.868. The van der Waals surface area contributed by atoms with Crippen LogP contribution >= 0.6 is 0 Å². The van der Waals surface area contributed by atoms with Crippen LogP contribution in [-0.2, 0) is 21.1 Å². The third-order valence-electron chi connectivity index (χ3n) is 3.87. The van der Waals surface area contributed by atoms with E-state index < -0.39 is 21.2 Å². The number of hydrogen-bond donors (Lipinski definition) is 1. The maximum Gasteiger partial charge on any atom is 0.313 e. The van der Waals surface area contributed by atoms with Gasteiger partial charge in [0.2, 0.25) is 0 Å². The molecule has 0 aromatic heterocycles. The molecule has 1 aromatic rings. The number of carboxylic acids is 1. The number of ether oxygens (including phenoxy) is 1. The highest BCUT2D eigenvalue weighted by atomic mass is 32.2. The Morgan fingerprint density at radius 1 is 1.33 bits per heavy atom. The molecule has 0 amide bonds. The summed E-state index contributed by atoms with van der Waals surface area (Å²) in [6, 6.07) is 7.29. The third kappa shape index (κ3) is 3.56. The number of carbonyl (C=O) groups is 1. The van der Waals surface area contributed by atoms with Gasteiger partial charge in [-0.1, -0.05) is 25.1 Å². The molecule has 1 aliphatic rings. The van der Waals surface area contributed by atoms with Gasteiger partial charge in [-0.2, -0.15) is 0 Å². The van der Waals surface area contributed by atoms with Gasteiger partial charge < -0.3 is 9.84 Å². The summed E-state index contributed by atoms with van der Waals surface area (Å²) in [6.45, 7) is 1.81. The van der Waals surface area contributed by atoms with Gasteiger partial charge in [-0.05, 0) is 30.9 Å². The first-order valence-electron chi connectivity index (χ1n) is 7.03. The van der Waals surface area contributed by atoms with Crippen LogP contribution in [0.4, 0.5) is 0 Å². The van der Waals surface area contributed by atoms with E-state index in [0.29, 0.717) is 18.6 Å². The summed E-state index contributed by atoms with van der Waals surface area (Å²) in [4.78, 5) is 11.7. The number of sulfone groups is 1. The number of aliphatic carboxylic acids is 1. The first kappa shape index (κ1) is 15.8. The number of hydrogen-bond acceptors (Lipinski definition) is 4. The van der Waals surface area contributed by atoms with Crippen molar-refractivity contribution in [1.29, 1.82) is 0 Å². The summed E-state index contributed by atoms with van der Waals surface area (Å²) >= 11 is 0. The fourth-order valence-electron chi connectivity index (χ4n) is 2.59. The van der Waals surface area contributed by atoms with E-state index in [-0.39, 0.29) is 24.5 Å². The van der Waals surface area contributed by atoms with Crippen molar-refractivity contribution in [3.63, 3.8) is 0 Å². The van der Waals surface area contributed by atoms with Crippen molar-refractivity contribution in [2.24, 2.45) is 5.41 Å². The molecule has 1 aromatic carbocycles.